The number of hydrogen-bond donors (Lipinski definition) is 1. The maximum absolute atomic E-state index is 13.4. The smallest absolute Gasteiger partial charge is 0.325 e. The summed E-state index contributed by atoms with van der Waals surface area (Å²) in [6, 6.07) is 5.25. The molecule has 2 aliphatic rings. The van der Waals surface area contributed by atoms with Crippen molar-refractivity contribution < 1.29 is 18.8 Å². The van der Waals surface area contributed by atoms with Crippen LogP contribution in [0.1, 0.15) is 64.4 Å². The van der Waals surface area contributed by atoms with Gasteiger partial charge in [-0.2, -0.15) is 0 Å². The van der Waals surface area contributed by atoms with E-state index in [4.69, 9.17) is 0 Å². The second-order valence-electron chi connectivity index (χ2n) is 7.98. The number of carbonyl (C=O) groups is 3. The molecule has 4 amide bonds. The molecule has 1 N–H and O–H groups in total. The lowest BCUT2D eigenvalue weighted by Crippen LogP contribution is -2.49. The molecule has 2 heterocycles. The van der Waals surface area contributed by atoms with Crippen molar-refractivity contribution in [3.8, 4) is 0 Å². The molecule has 158 valence electrons. The Balaban J connectivity index is 1.83. The number of hydrogen-bond acceptors (Lipinski definition) is 3. The third kappa shape index (κ3) is 4.14. The van der Waals surface area contributed by atoms with Gasteiger partial charge in [0.05, 0.1) is 0 Å². The molecule has 0 aromatic heterocycles. The lowest BCUT2D eigenvalue weighted by Gasteiger charge is -2.36. The summed E-state index contributed by atoms with van der Waals surface area (Å²) in [7, 11) is 0. The van der Waals surface area contributed by atoms with E-state index in [2.05, 4.69) is 5.32 Å². The maximum atomic E-state index is 13.4. The van der Waals surface area contributed by atoms with Gasteiger partial charge in [-0.25, -0.2) is 9.18 Å². The number of amides is 4. The monoisotopic (exact) mass is 403 g/mol. The maximum Gasteiger partial charge on any atom is 0.325 e. The summed E-state index contributed by atoms with van der Waals surface area (Å²) in [5.41, 5.74) is -0.697. The molecule has 2 fully saturated rings. The van der Waals surface area contributed by atoms with Crippen molar-refractivity contribution in [3.05, 3.63) is 35.6 Å². The van der Waals surface area contributed by atoms with Gasteiger partial charge in [-0.1, -0.05) is 38.8 Å². The largest absolute Gasteiger partial charge is 0.338 e. The molecule has 29 heavy (non-hydrogen) atoms. The van der Waals surface area contributed by atoms with Crippen LogP contribution in [0.25, 0.3) is 0 Å². The van der Waals surface area contributed by atoms with E-state index in [-0.39, 0.29) is 18.5 Å². The molecule has 0 unspecified atom stereocenters. The first-order valence-electron chi connectivity index (χ1n) is 10.6. The van der Waals surface area contributed by atoms with Gasteiger partial charge in [0.2, 0.25) is 5.91 Å². The molecule has 1 aromatic carbocycles. The molecule has 3 rings (SSSR count). The van der Waals surface area contributed by atoms with Crippen LogP contribution in [-0.4, -0.2) is 46.8 Å². The van der Waals surface area contributed by atoms with E-state index in [1.54, 1.807) is 0 Å². The number of likely N-dealkylation sites (tertiary alicyclic amines) is 1. The van der Waals surface area contributed by atoms with Gasteiger partial charge < -0.3 is 10.2 Å². The Morgan fingerprint density at radius 3 is 2.59 bits per heavy atom. The number of urea groups is 1. The molecule has 7 heteroatoms. The predicted octanol–water partition coefficient (Wildman–Crippen LogP) is 3.55. The zero-order valence-corrected chi connectivity index (χ0v) is 17.2. The summed E-state index contributed by atoms with van der Waals surface area (Å²) >= 11 is 0. The zero-order valence-electron chi connectivity index (χ0n) is 17.2. The molecule has 1 aromatic rings. The number of nitrogens with zero attached hydrogens (tertiary/aromatic N) is 2. The molecule has 0 saturated carbocycles. The van der Waals surface area contributed by atoms with Crippen molar-refractivity contribution in [1.29, 1.82) is 0 Å². The Hall–Kier alpha value is -2.44. The minimum atomic E-state index is -1.24. The van der Waals surface area contributed by atoms with Crippen LogP contribution in [0.2, 0.25) is 0 Å². The van der Waals surface area contributed by atoms with Crippen LogP contribution in [0.4, 0.5) is 9.18 Å². The summed E-state index contributed by atoms with van der Waals surface area (Å²) in [5.74, 6) is -1.02. The third-order valence-electron chi connectivity index (χ3n) is 6.13. The van der Waals surface area contributed by atoms with Crippen molar-refractivity contribution in [2.75, 3.05) is 13.1 Å². The Bertz CT molecular complexity index is 767. The van der Waals surface area contributed by atoms with Gasteiger partial charge in [0.15, 0.2) is 0 Å². The summed E-state index contributed by atoms with van der Waals surface area (Å²) in [6.07, 6.45) is 5.83. The lowest BCUT2D eigenvalue weighted by atomic mass is 9.84. The van der Waals surface area contributed by atoms with E-state index in [9.17, 15) is 18.8 Å². The molecule has 2 aliphatic heterocycles. The first-order chi connectivity index (χ1) is 13.9. The number of imide groups is 1. The van der Waals surface area contributed by atoms with Gasteiger partial charge in [0, 0.05) is 12.6 Å². The van der Waals surface area contributed by atoms with Crippen molar-refractivity contribution in [2.45, 2.75) is 70.4 Å². The fourth-order valence-electron chi connectivity index (χ4n) is 4.43. The zero-order chi connectivity index (χ0) is 21.0. The fourth-order valence-corrected chi connectivity index (χ4v) is 4.43. The molecule has 0 aliphatic carbocycles. The van der Waals surface area contributed by atoms with Crippen LogP contribution >= 0.6 is 0 Å². The van der Waals surface area contributed by atoms with Gasteiger partial charge in [0.1, 0.15) is 17.9 Å². The number of halogens is 1. The minimum absolute atomic E-state index is 0.166. The van der Waals surface area contributed by atoms with Gasteiger partial charge in [-0.05, 0) is 49.8 Å². The summed E-state index contributed by atoms with van der Waals surface area (Å²) in [6.45, 7) is 4.46. The Morgan fingerprint density at radius 2 is 1.93 bits per heavy atom. The Morgan fingerprint density at radius 1 is 1.21 bits per heavy atom. The lowest BCUT2D eigenvalue weighted by molar-refractivity contribution is -0.141. The van der Waals surface area contributed by atoms with Crippen molar-refractivity contribution in [1.82, 2.24) is 15.1 Å². The molecule has 0 spiro atoms. The molecule has 2 atom stereocenters. The highest BCUT2D eigenvalue weighted by atomic mass is 19.1. The topological polar surface area (TPSA) is 69.7 Å². The second-order valence-corrected chi connectivity index (χ2v) is 7.98. The number of benzene rings is 1. The molecule has 0 bridgehead atoms. The Labute approximate surface area is 171 Å². The summed E-state index contributed by atoms with van der Waals surface area (Å²) in [5, 5.41) is 2.82. The second kappa shape index (κ2) is 8.93. The van der Waals surface area contributed by atoms with Crippen LogP contribution in [-0.2, 0) is 15.1 Å². The van der Waals surface area contributed by atoms with E-state index in [1.165, 1.54) is 24.3 Å². The van der Waals surface area contributed by atoms with Gasteiger partial charge in [-0.3, -0.25) is 14.5 Å². The highest BCUT2D eigenvalue weighted by Gasteiger charge is 2.52. The standard InChI is InChI=1S/C22H30FN3O3/c1-3-5-13-22(16-9-11-17(23)12-10-16)20(28)26(21(29)24-22)15-19(27)25-14-7-6-8-18(25)4-2/h9-12,18H,3-8,13-15H2,1-2H3,(H,24,29)/t18-,22+/m0/s1. The molecular weight excluding hydrogens is 373 g/mol. The third-order valence-corrected chi connectivity index (χ3v) is 6.13. The van der Waals surface area contributed by atoms with Crippen LogP contribution < -0.4 is 5.32 Å². The number of piperidine rings is 1. The summed E-state index contributed by atoms with van der Waals surface area (Å²) < 4.78 is 13.4. The van der Waals surface area contributed by atoms with Crippen LogP contribution in [0.15, 0.2) is 24.3 Å². The quantitative estimate of drug-likeness (QED) is 0.708. The highest BCUT2D eigenvalue weighted by molar-refractivity contribution is 6.09. The molecular formula is C22H30FN3O3. The van der Waals surface area contributed by atoms with E-state index in [0.717, 1.165) is 43.4 Å². The van der Waals surface area contributed by atoms with Crippen LogP contribution in [0.3, 0.4) is 0 Å². The number of unbranched alkanes of at least 4 members (excludes halogenated alkanes) is 1. The molecule has 0 radical (unpaired) electrons. The highest BCUT2D eigenvalue weighted by Crippen LogP contribution is 2.34. The van der Waals surface area contributed by atoms with Gasteiger partial charge in [0.25, 0.3) is 5.91 Å². The first kappa shape index (κ1) is 21.3. The van der Waals surface area contributed by atoms with E-state index in [1.807, 2.05) is 18.7 Å². The van der Waals surface area contributed by atoms with E-state index < -0.39 is 23.3 Å². The summed E-state index contributed by atoms with van der Waals surface area (Å²) in [4.78, 5) is 41.9. The number of carbonyl (C=O) groups excluding carboxylic acids is 3. The van der Waals surface area contributed by atoms with E-state index in [0.29, 0.717) is 18.5 Å². The number of nitrogens with one attached hydrogen (secondary N) is 1. The SMILES string of the molecule is CCCC[C@]1(c2ccc(F)cc2)NC(=O)N(CC(=O)N2CCCC[C@@H]2CC)C1=O. The average molecular weight is 403 g/mol. The van der Waals surface area contributed by atoms with Crippen molar-refractivity contribution in [3.63, 3.8) is 0 Å². The molecule has 6 nitrogen and oxygen atoms in total. The van der Waals surface area contributed by atoms with Crippen molar-refractivity contribution in [2.24, 2.45) is 0 Å². The fraction of sp³-hybridized carbons (Fsp3) is 0.591. The predicted molar refractivity (Wildman–Crippen MR) is 107 cm³/mol. The van der Waals surface area contributed by atoms with Gasteiger partial charge in [-0.15, -0.1) is 0 Å². The molecule has 2 saturated heterocycles. The Kier molecular flexibility index (Phi) is 6.55. The van der Waals surface area contributed by atoms with E-state index >= 15 is 0 Å². The van der Waals surface area contributed by atoms with Gasteiger partial charge >= 0.3 is 6.03 Å². The number of rotatable bonds is 7. The normalized spacial score (nSPS) is 24.7. The minimum Gasteiger partial charge on any atom is -0.338 e. The van der Waals surface area contributed by atoms with Crippen LogP contribution in [0.5, 0.6) is 0 Å². The first-order valence-corrected chi connectivity index (χ1v) is 10.6. The average Bonchev–Trinajstić information content (AvgIpc) is 2.97. The van der Waals surface area contributed by atoms with Crippen molar-refractivity contribution >= 4 is 17.8 Å². The van der Waals surface area contributed by atoms with Crippen LogP contribution in [0, 0.1) is 5.82 Å².